The van der Waals surface area contributed by atoms with Crippen LogP contribution in [0.1, 0.15) is 4.88 Å². The average molecular weight is 260 g/mol. The predicted octanol–water partition coefficient (Wildman–Crippen LogP) is 1.06. The molecule has 0 aliphatic carbocycles. The maximum atomic E-state index is 12.0. The molecule has 0 radical (unpaired) electrons. The van der Waals surface area contributed by atoms with Gasteiger partial charge in [0.1, 0.15) is 4.21 Å². The molecule has 6 heteroatoms. The summed E-state index contributed by atoms with van der Waals surface area (Å²) in [6.45, 7) is 4.37. The standard InChI is InChI=1S/C10H16N2O2S2/c1-3-8-12(2)16(13,14)10-5-4-9(15-10)6-7-11/h3-5H,1,6-8,11H2,2H3. The third-order valence-electron chi connectivity index (χ3n) is 2.08. The highest BCUT2D eigenvalue weighted by atomic mass is 32.2. The SMILES string of the molecule is C=CCN(C)S(=O)(=O)c1ccc(CCN)s1. The van der Waals surface area contributed by atoms with Crippen molar-refractivity contribution in [3.05, 3.63) is 29.7 Å². The van der Waals surface area contributed by atoms with E-state index in [9.17, 15) is 8.42 Å². The van der Waals surface area contributed by atoms with Gasteiger partial charge in [-0.15, -0.1) is 17.9 Å². The number of nitrogens with two attached hydrogens (primary N) is 1. The van der Waals surface area contributed by atoms with E-state index in [1.54, 1.807) is 19.2 Å². The van der Waals surface area contributed by atoms with E-state index in [2.05, 4.69) is 6.58 Å². The molecule has 0 aliphatic rings. The van der Waals surface area contributed by atoms with Gasteiger partial charge in [0.15, 0.2) is 0 Å². The van der Waals surface area contributed by atoms with Crippen LogP contribution >= 0.6 is 11.3 Å². The summed E-state index contributed by atoms with van der Waals surface area (Å²) in [4.78, 5) is 0.994. The number of hydrogen-bond acceptors (Lipinski definition) is 4. The molecule has 0 fully saturated rings. The Morgan fingerprint density at radius 3 is 2.81 bits per heavy atom. The molecule has 0 spiro atoms. The fourth-order valence-electron chi connectivity index (χ4n) is 1.21. The Balaban J connectivity index is 2.93. The number of thiophene rings is 1. The minimum atomic E-state index is -3.36. The number of rotatable bonds is 6. The van der Waals surface area contributed by atoms with E-state index >= 15 is 0 Å². The third kappa shape index (κ3) is 2.91. The highest BCUT2D eigenvalue weighted by Gasteiger charge is 2.21. The second-order valence-corrected chi connectivity index (χ2v) is 6.77. The van der Waals surface area contributed by atoms with Gasteiger partial charge in [0.05, 0.1) is 0 Å². The maximum Gasteiger partial charge on any atom is 0.252 e. The number of hydrogen-bond donors (Lipinski definition) is 1. The van der Waals surface area contributed by atoms with Crippen molar-refractivity contribution in [1.82, 2.24) is 4.31 Å². The molecule has 0 saturated heterocycles. The minimum absolute atomic E-state index is 0.312. The van der Waals surface area contributed by atoms with Crippen LogP contribution in [0.25, 0.3) is 0 Å². The molecule has 16 heavy (non-hydrogen) atoms. The van der Waals surface area contributed by atoms with Crippen molar-refractivity contribution in [3.63, 3.8) is 0 Å². The van der Waals surface area contributed by atoms with E-state index in [-0.39, 0.29) is 0 Å². The minimum Gasteiger partial charge on any atom is -0.330 e. The normalized spacial score (nSPS) is 11.9. The first-order valence-electron chi connectivity index (χ1n) is 4.88. The molecule has 0 unspecified atom stereocenters. The molecule has 1 heterocycles. The molecular weight excluding hydrogens is 244 g/mol. The summed E-state index contributed by atoms with van der Waals surface area (Å²) in [6, 6.07) is 3.44. The lowest BCUT2D eigenvalue weighted by atomic mass is 10.3. The van der Waals surface area contributed by atoms with Crippen LogP contribution in [0, 0.1) is 0 Å². The first kappa shape index (κ1) is 13.4. The van der Waals surface area contributed by atoms with Gasteiger partial charge in [-0.2, -0.15) is 4.31 Å². The van der Waals surface area contributed by atoms with Gasteiger partial charge in [0, 0.05) is 18.5 Å². The fourth-order valence-corrected chi connectivity index (χ4v) is 3.93. The van der Waals surface area contributed by atoms with E-state index in [1.165, 1.54) is 15.6 Å². The first-order chi connectivity index (χ1) is 7.52. The van der Waals surface area contributed by atoms with Crippen molar-refractivity contribution in [3.8, 4) is 0 Å². The molecule has 1 aromatic heterocycles. The Labute approximate surface area is 100 Å². The van der Waals surface area contributed by atoms with Crippen molar-refractivity contribution in [1.29, 1.82) is 0 Å². The molecule has 0 atom stereocenters. The van der Waals surface area contributed by atoms with Crippen molar-refractivity contribution >= 4 is 21.4 Å². The Hall–Kier alpha value is -0.690. The van der Waals surface area contributed by atoms with Gasteiger partial charge in [0.25, 0.3) is 10.0 Å². The lowest BCUT2D eigenvalue weighted by Gasteiger charge is -2.13. The number of likely N-dealkylation sites (N-methyl/N-ethyl adjacent to an activating group) is 1. The Morgan fingerprint density at radius 1 is 1.56 bits per heavy atom. The lowest BCUT2D eigenvalue weighted by Crippen LogP contribution is -2.26. The molecule has 0 aliphatic heterocycles. The monoisotopic (exact) mass is 260 g/mol. The van der Waals surface area contributed by atoms with Crippen LogP contribution in [-0.2, 0) is 16.4 Å². The molecule has 0 saturated carbocycles. The van der Waals surface area contributed by atoms with Crippen LogP contribution in [0.3, 0.4) is 0 Å². The summed E-state index contributed by atoms with van der Waals surface area (Å²) < 4.78 is 25.6. The van der Waals surface area contributed by atoms with Crippen LogP contribution in [0.15, 0.2) is 29.0 Å². The summed E-state index contributed by atoms with van der Waals surface area (Å²) in [7, 11) is -1.82. The summed E-state index contributed by atoms with van der Waals surface area (Å²) >= 11 is 1.27. The van der Waals surface area contributed by atoms with E-state index < -0.39 is 10.0 Å². The van der Waals surface area contributed by atoms with Gasteiger partial charge in [-0.1, -0.05) is 6.08 Å². The number of nitrogens with zero attached hydrogens (tertiary/aromatic N) is 1. The van der Waals surface area contributed by atoms with E-state index in [4.69, 9.17) is 5.73 Å². The number of sulfonamides is 1. The maximum absolute atomic E-state index is 12.0. The van der Waals surface area contributed by atoms with Gasteiger partial charge in [-0.25, -0.2) is 8.42 Å². The van der Waals surface area contributed by atoms with Crippen LogP contribution in [0.5, 0.6) is 0 Å². The first-order valence-corrected chi connectivity index (χ1v) is 7.14. The van der Waals surface area contributed by atoms with Gasteiger partial charge in [-0.05, 0) is 25.1 Å². The highest BCUT2D eigenvalue weighted by Crippen LogP contribution is 2.24. The molecule has 0 aromatic carbocycles. The topological polar surface area (TPSA) is 63.4 Å². The highest BCUT2D eigenvalue weighted by molar-refractivity contribution is 7.91. The largest absolute Gasteiger partial charge is 0.330 e. The van der Waals surface area contributed by atoms with Crippen molar-refractivity contribution in [2.45, 2.75) is 10.6 Å². The summed E-state index contributed by atoms with van der Waals surface area (Å²) in [5.41, 5.74) is 5.42. The zero-order valence-corrected chi connectivity index (χ0v) is 10.9. The van der Waals surface area contributed by atoms with Crippen LogP contribution in [0.4, 0.5) is 0 Å². The van der Waals surface area contributed by atoms with E-state index in [0.717, 1.165) is 4.88 Å². The molecule has 1 aromatic rings. The quantitative estimate of drug-likeness (QED) is 0.778. The smallest absolute Gasteiger partial charge is 0.252 e. The average Bonchev–Trinajstić information content (AvgIpc) is 2.68. The molecule has 1 rings (SSSR count). The van der Waals surface area contributed by atoms with Gasteiger partial charge in [0.2, 0.25) is 0 Å². The predicted molar refractivity (Wildman–Crippen MR) is 67.1 cm³/mol. The Bertz CT molecular complexity index is 451. The van der Waals surface area contributed by atoms with Crippen LogP contribution in [0.2, 0.25) is 0 Å². The summed E-state index contributed by atoms with van der Waals surface area (Å²) in [6.07, 6.45) is 2.28. The third-order valence-corrected chi connectivity index (χ3v) is 5.51. The lowest BCUT2D eigenvalue weighted by molar-refractivity contribution is 0.501. The molecule has 90 valence electrons. The van der Waals surface area contributed by atoms with Crippen LogP contribution < -0.4 is 5.73 Å². The van der Waals surface area contributed by atoms with Crippen molar-refractivity contribution in [2.75, 3.05) is 20.1 Å². The van der Waals surface area contributed by atoms with Crippen molar-refractivity contribution < 1.29 is 8.42 Å². The van der Waals surface area contributed by atoms with E-state index in [1.807, 2.05) is 6.07 Å². The second kappa shape index (κ2) is 5.58. The van der Waals surface area contributed by atoms with Gasteiger partial charge in [-0.3, -0.25) is 0 Å². The van der Waals surface area contributed by atoms with E-state index in [0.29, 0.717) is 23.7 Å². The second-order valence-electron chi connectivity index (χ2n) is 3.33. The molecule has 2 N–H and O–H groups in total. The summed E-state index contributed by atoms with van der Waals surface area (Å²) in [5.74, 6) is 0. The molecule has 0 amide bonds. The van der Waals surface area contributed by atoms with Gasteiger partial charge < -0.3 is 5.73 Å². The molecule has 4 nitrogen and oxygen atoms in total. The molecule has 0 bridgehead atoms. The Kier molecular flexibility index (Phi) is 4.67. The summed E-state index contributed by atoms with van der Waals surface area (Å²) in [5, 5.41) is 0. The molecular formula is C10H16N2O2S2. The Morgan fingerprint density at radius 2 is 2.25 bits per heavy atom. The fraction of sp³-hybridized carbons (Fsp3) is 0.400. The zero-order valence-electron chi connectivity index (χ0n) is 9.22. The van der Waals surface area contributed by atoms with Crippen molar-refractivity contribution in [2.24, 2.45) is 5.73 Å². The van der Waals surface area contributed by atoms with Gasteiger partial charge >= 0.3 is 0 Å². The zero-order chi connectivity index (χ0) is 12.2. The van der Waals surface area contributed by atoms with Crippen LogP contribution in [-0.4, -0.2) is 32.9 Å².